The van der Waals surface area contributed by atoms with Crippen LogP contribution >= 0.6 is 11.8 Å². The third-order valence-corrected chi connectivity index (χ3v) is 5.88. The minimum atomic E-state index is -1.47. The molecule has 0 amide bonds. The van der Waals surface area contributed by atoms with Crippen LogP contribution in [0.25, 0.3) is 0 Å². The molecule has 2 unspecified atom stereocenters. The van der Waals surface area contributed by atoms with Gasteiger partial charge in [-0.1, -0.05) is 12.1 Å². The molecule has 1 saturated heterocycles. The lowest BCUT2D eigenvalue weighted by Crippen LogP contribution is -2.52. The summed E-state index contributed by atoms with van der Waals surface area (Å²) in [4.78, 5) is 39.3. The summed E-state index contributed by atoms with van der Waals surface area (Å²) in [5, 5.41) is 0. The lowest BCUT2D eigenvalue weighted by Gasteiger charge is -2.28. The molecule has 3 aliphatic heterocycles. The van der Waals surface area contributed by atoms with Gasteiger partial charge in [0.2, 0.25) is 5.88 Å². The van der Waals surface area contributed by atoms with Crippen molar-refractivity contribution in [1.82, 2.24) is 0 Å². The number of anilines is 1. The summed E-state index contributed by atoms with van der Waals surface area (Å²) in [5.74, 6) is -0.741. The van der Waals surface area contributed by atoms with Gasteiger partial charge in [0.05, 0.1) is 25.7 Å². The van der Waals surface area contributed by atoms with Crippen molar-refractivity contribution in [2.75, 3.05) is 24.9 Å². The Balaban J connectivity index is 2.00. The van der Waals surface area contributed by atoms with Gasteiger partial charge in [-0.15, -0.1) is 11.8 Å². The normalized spacial score (nSPS) is 26.7. The number of benzene rings is 1. The quantitative estimate of drug-likeness (QED) is 0.729. The summed E-state index contributed by atoms with van der Waals surface area (Å²) in [6, 6.07) is 6.22. The Labute approximate surface area is 141 Å². The van der Waals surface area contributed by atoms with Gasteiger partial charge in [0, 0.05) is 0 Å². The van der Waals surface area contributed by atoms with Crippen molar-refractivity contribution in [1.29, 1.82) is 0 Å². The average molecular weight is 347 g/mol. The molecular formula is C16H13NO6S. The maximum Gasteiger partial charge on any atom is 0.341 e. The molecule has 0 radical (unpaired) electrons. The molecule has 2 atom stereocenters. The highest BCUT2D eigenvalue weighted by molar-refractivity contribution is 8.03. The van der Waals surface area contributed by atoms with E-state index in [1.165, 1.54) is 14.2 Å². The number of hydrogen-bond donors (Lipinski definition) is 0. The SMILES string of the molecule is COC(=O)C1=C2Oc3ccccc3N2C2C(=O)CSC12C(=O)OC. The number of fused-ring (bicyclic) bond motifs is 5. The molecule has 0 saturated carbocycles. The molecule has 3 heterocycles. The lowest BCUT2D eigenvalue weighted by atomic mass is 9.91. The number of ether oxygens (including phenoxy) is 3. The van der Waals surface area contributed by atoms with E-state index in [1.54, 1.807) is 29.2 Å². The highest BCUT2D eigenvalue weighted by atomic mass is 32.2. The number of ketones is 1. The molecule has 0 spiro atoms. The van der Waals surface area contributed by atoms with Gasteiger partial charge in [-0.2, -0.15) is 0 Å². The van der Waals surface area contributed by atoms with E-state index in [1.807, 2.05) is 0 Å². The zero-order chi connectivity index (χ0) is 17.1. The second-order valence-corrected chi connectivity index (χ2v) is 6.72. The van der Waals surface area contributed by atoms with E-state index >= 15 is 0 Å². The van der Waals surface area contributed by atoms with Crippen LogP contribution in [0.3, 0.4) is 0 Å². The number of carbonyl (C=O) groups is 3. The molecule has 124 valence electrons. The van der Waals surface area contributed by atoms with Crippen molar-refractivity contribution in [3.63, 3.8) is 0 Å². The van der Waals surface area contributed by atoms with Gasteiger partial charge < -0.3 is 14.2 Å². The molecule has 7 nitrogen and oxygen atoms in total. The van der Waals surface area contributed by atoms with Crippen LogP contribution in [-0.4, -0.2) is 48.5 Å². The summed E-state index contributed by atoms with van der Waals surface area (Å²) < 4.78 is 14.1. The second-order valence-electron chi connectivity index (χ2n) is 5.50. The van der Waals surface area contributed by atoms with Gasteiger partial charge in [0.1, 0.15) is 11.6 Å². The predicted molar refractivity (Wildman–Crippen MR) is 84.6 cm³/mol. The highest BCUT2D eigenvalue weighted by Gasteiger charge is 2.70. The van der Waals surface area contributed by atoms with Gasteiger partial charge in [-0.05, 0) is 12.1 Å². The third-order valence-electron chi connectivity index (χ3n) is 4.40. The van der Waals surface area contributed by atoms with E-state index in [0.717, 1.165) is 11.8 Å². The Hall–Kier alpha value is -2.48. The number of rotatable bonds is 2. The Bertz CT molecular complexity index is 819. The zero-order valence-corrected chi connectivity index (χ0v) is 13.7. The van der Waals surface area contributed by atoms with Gasteiger partial charge in [0.25, 0.3) is 0 Å². The van der Waals surface area contributed by atoms with Crippen molar-refractivity contribution in [2.24, 2.45) is 0 Å². The molecule has 0 aromatic heterocycles. The van der Waals surface area contributed by atoms with Gasteiger partial charge in [0.15, 0.2) is 16.3 Å². The number of para-hydroxylation sites is 2. The van der Waals surface area contributed by atoms with Gasteiger partial charge in [-0.25, -0.2) is 4.79 Å². The van der Waals surface area contributed by atoms with Crippen molar-refractivity contribution in [3.05, 3.63) is 35.7 Å². The fourth-order valence-corrected chi connectivity index (χ4v) is 4.90. The molecule has 4 rings (SSSR count). The Morgan fingerprint density at radius 3 is 2.75 bits per heavy atom. The molecule has 1 aromatic rings. The second kappa shape index (κ2) is 5.01. The Kier molecular flexibility index (Phi) is 3.14. The van der Waals surface area contributed by atoms with Crippen LogP contribution in [0.5, 0.6) is 5.75 Å². The lowest BCUT2D eigenvalue weighted by molar-refractivity contribution is -0.146. The predicted octanol–water partition coefficient (Wildman–Crippen LogP) is 0.880. The Morgan fingerprint density at radius 2 is 2.04 bits per heavy atom. The Morgan fingerprint density at radius 1 is 1.29 bits per heavy atom. The summed E-state index contributed by atoms with van der Waals surface area (Å²) >= 11 is 1.08. The van der Waals surface area contributed by atoms with Crippen LogP contribution in [0.15, 0.2) is 35.7 Å². The van der Waals surface area contributed by atoms with E-state index in [0.29, 0.717) is 11.4 Å². The zero-order valence-electron chi connectivity index (χ0n) is 12.9. The summed E-state index contributed by atoms with van der Waals surface area (Å²) in [7, 11) is 2.46. The van der Waals surface area contributed by atoms with Crippen LogP contribution in [0.2, 0.25) is 0 Å². The number of thioether (sulfide) groups is 1. The van der Waals surface area contributed by atoms with E-state index < -0.39 is 22.7 Å². The number of nitrogens with zero attached hydrogens (tertiary/aromatic N) is 1. The number of hydrogen-bond acceptors (Lipinski definition) is 8. The number of carbonyl (C=O) groups excluding carboxylic acids is 3. The van der Waals surface area contributed by atoms with Crippen LogP contribution in [0.1, 0.15) is 0 Å². The fourth-order valence-electron chi connectivity index (χ4n) is 3.46. The largest absolute Gasteiger partial charge is 0.468 e. The highest BCUT2D eigenvalue weighted by Crippen LogP contribution is 2.57. The molecule has 8 heteroatoms. The van der Waals surface area contributed by atoms with Crippen LogP contribution in [0, 0.1) is 0 Å². The van der Waals surface area contributed by atoms with Crippen LogP contribution in [0.4, 0.5) is 5.69 Å². The first-order valence-corrected chi connectivity index (χ1v) is 8.19. The maximum atomic E-state index is 12.6. The topological polar surface area (TPSA) is 82.1 Å². The molecule has 0 N–H and O–H groups in total. The molecule has 24 heavy (non-hydrogen) atoms. The standard InChI is InChI=1S/C16H13NO6S/c1-21-14(19)11-13-17(8-5-3-4-6-10(8)23-13)12-9(18)7-24-16(11,12)15(20)22-2/h3-6,12H,7H2,1-2H3. The molecule has 1 aromatic carbocycles. The number of methoxy groups -OCH3 is 2. The van der Waals surface area contributed by atoms with E-state index in [-0.39, 0.29) is 23.0 Å². The molecule has 0 bridgehead atoms. The summed E-state index contributed by atoms with van der Waals surface area (Å²) in [5.41, 5.74) is 0.662. The van der Waals surface area contributed by atoms with E-state index in [9.17, 15) is 14.4 Å². The fraction of sp³-hybridized carbons (Fsp3) is 0.312. The van der Waals surface area contributed by atoms with Gasteiger partial charge >= 0.3 is 11.9 Å². The average Bonchev–Trinajstić information content (AvgIpc) is 3.20. The number of esters is 2. The van der Waals surface area contributed by atoms with Crippen molar-refractivity contribution in [3.8, 4) is 5.75 Å². The van der Waals surface area contributed by atoms with Crippen molar-refractivity contribution >= 4 is 35.2 Å². The minimum Gasteiger partial charge on any atom is -0.468 e. The molecule has 0 aliphatic carbocycles. The molecule has 3 aliphatic rings. The monoisotopic (exact) mass is 347 g/mol. The van der Waals surface area contributed by atoms with Crippen molar-refractivity contribution in [2.45, 2.75) is 10.8 Å². The minimum absolute atomic E-state index is 0.0221. The smallest absolute Gasteiger partial charge is 0.341 e. The van der Waals surface area contributed by atoms with E-state index in [4.69, 9.17) is 14.2 Å². The maximum absolute atomic E-state index is 12.6. The summed E-state index contributed by atoms with van der Waals surface area (Å²) in [6.07, 6.45) is 0. The first kappa shape index (κ1) is 15.1. The first-order valence-electron chi connectivity index (χ1n) is 7.20. The van der Waals surface area contributed by atoms with Crippen LogP contribution < -0.4 is 9.64 Å². The van der Waals surface area contributed by atoms with E-state index in [2.05, 4.69) is 0 Å². The molecule has 1 fully saturated rings. The molecular weight excluding hydrogens is 334 g/mol. The van der Waals surface area contributed by atoms with Gasteiger partial charge in [-0.3, -0.25) is 14.5 Å². The van der Waals surface area contributed by atoms with Crippen molar-refractivity contribution < 1.29 is 28.6 Å². The van der Waals surface area contributed by atoms with Crippen LogP contribution in [-0.2, 0) is 23.9 Å². The number of Topliss-reactive ketones (excluding diaryl/α,β-unsaturated/α-hetero) is 1. The first-order chi connectivity index (χ1) is 11.6. The summed E-state index contributed by atoms with van der Waals surface area (Å²) in [6.45, 7) is 0. The third kappa shape index (κ3) is 1.61.